The minimum atomic E-state index is 0. The van der Waals surface area contributed by atoms with E-state index in [1.165, 1.54) is 0 Å². The Kier molecular flexibility index (Phi) is 79900. The van der Waals surface area contributed by atoms with Crippen LogP contribution in [0.3, 0.4) is 0 Å². The van der Waals surface area contributed by atoms with E-state index in [9.17, 15) is 0 Å². The molecule has 0 aromatic carbocycles. The molecule has 89 heavy (non-hydrogen) atoms. The summed E-state index contributed by atoms with van der Waals surface area (Å²) in [6.45, 7) is 0. The van der Waals surface area contributed by atoms with E-state index < -0.39 is 0 Å². The third kappa shape index (κ3) is 2580. The third-order valence-electron chi connectivity index (χ3n) is 0. The van der Waals surface area contributed by atoms with Gasteiger partial charge in [-0.25, -0.2) is 0 Å². The maximum atomic E-state index is 0. The summed E-state index contributed by atoms with van der Waals surface area (Å²) in [5.74, 6) is 0. The Balaban J connectivity index is 0. The summed E-state index contributed by atoms with van der Waals surface area (Å²) in [5.41, 5.74) is 0. The molecule has 0 aliphatic rings. The van der Waals surface area contributed by atoms with Crippen molar-refractivity contribution in [3.05, 3.63) is 0 Å². The fraction of sp³-hybridized carbons (Fsp3) is 0. The van der Waals surface area contributed by atoms with Crippen LogP contribution in [-0.4, -0.2) is 699 Å². The molecule has 0 aromatic heterocycles. The Morgan fingerprint density at radius 1 is 0.0674 bits per heavy atom. The van der Waals surface area contributed by atoms with E-state index in [1.807, 2.05) is 0 Å². The monoisotopic (exact) mass is 4670 g/mol. The number of rotatable bonds is 0. The molecule has 123 N–H and O–H groups in total. The van der Waals surface area contributed by atoms with Crippen LogP contribution in [0.5, 0.6) is 0 Å². The fourth-order valence-corrected chi connectivity index (χ4v) is 0. The van der Waals surface area contributed by atoms with Crippen molar-refractivity contribution in [1.29, 1.82) is 0 Å². The molecule has 0 aromatic rings. The molecule has 0 heterocycles. The molecule has 89 heteroatoms. The molecule has 7 radical (unpaired) electrons. The van der Waals surface area contributed by atoms with Gasteiger partial charge in [0, 0.05) is 744 Å². The molecule has 2 atom stereocenters. The van der Waals surface area contributed by atoms with Crippen LogP contribution in [-0.2, 0) is 384 Å². The molecule has 0 fully saturated rings. The molecule has 2 unspecified atom stereocenters. The topological polar surface area (TPSA) is 1950 Å². The fourth-order valence-electron chi connectivity index (χ4n) is 0. The Bertz CT molecular complexity index is 116. The van der Waals surface area contributed by atoms with Crippen molar-refractivity contribution in [3.8, 4) is 0 Å². The van der Waals surface area contributed by atoms with Crippen LogP contribution in [0.2, 0.25) is 0 Å². The van der Waals surface area contributed by atoms with Crippen molar-refractivity contribution in [1.82, 2.24) is 0 Å². The van der Waals surface area contributed by atoms with Crippen LogP contribution in [0, 0.1) is 0 Å². The zero-order valence-electron chi connectivity index (χ0n) is 46.8. The van der Waals surface area contributed by atoms with E-state index in [4.69, 9.17) is 0 Å². The first-order valence-corrected chi connectivity index (χ1v) is 0. The van der Waals surface area contributed by atoms with Crippen molar-refractivity contribution in [3.63, 3.8) is 0 Å². The summed E-state index contributed by atoms with van der Waals surface area (Å²) in [7, 11) is 0. The molecule has 0 aliphatic carbocycles. The van der Waals surface area contributed by atoms with Crippen LogP contribution in [0.25, 0.3) is 0 Å². The normalized spacial score (nSPS) is 0. The van der Waals surface area contributed by atoms with Gasteiger partial charge in [-0.1, -0.05) is 0 Å². The van der Waals surface area contributed by atoms with Gasteiger partial charge in [0.2, 0.25) is 0 Å². The van der Waals surface area contributed by atoms with E-state index in [2.05, 4.69) is 0 Å². The molecule has 625 valence electrons. The van der Waals surface area contributed by atoms with Crippen molar-refractivity contribution < 1.29 is 724 Å². The minimum absolute atomic E-state index is 0. The quantitative estimate of drug-likeness (QED) is 0.166. The van der Waals surface area contributed by atoms with Crippen molar-refractivity contribution in [2.24, 2.45) is 0 Å². The van der Waals surface area contributed by atoms with Gasteiger partial charge in [-0.2, -0.15) is 19.8 Å². The van der Waals surface area contributed by atoms with Crippen LogP contribution in [0.15, 0.2) is 0 Å². The maximum absolute atomic E-state index is 0. The Morgan fingerprint density at radius 3 is 0.0674 bits per heavy atom. The summed E-state index contributed by atoms with van der Waals surface area (Å²) in [4.78, 5) is 0. The van der Waals surface area contributed by atoms with Crippen LogP contribution in [0.4, 0.5) is 0 Å². The molecule has 0 bridgehead atoms. The van der Waals surface area contributed by atoms with E-state index in [0.29, 0.717) is 0 Å². The first-order valence-electron chi connectivity index (χ1n) is 0. The summed E-state index contributed by atoms with van der Waals surface area (Å²) in [6.07, 6.45) is 0. The molecular weight excluding hydrogens is 4540 g/mol. The Hall–Kier alpha value is 22.4. The van der Waals surface area contributed by atoms with E-state index in [0.717, 1.165) is 0 Å². The average Bonchev–Trinajstić information content (AvgIpc) is 0. The number of hydrogen-bond donors (Lipinski definition) is 0. The first kappa shape index (κ1) is 2700. The summed E-state index contributed by atoms with van der Waals surface area (Å²) in [6, 6.07) is 0. The summed E-state index contributed by atoms with van der Waals surface area (Å²) >= 11 is 0. The van der Waals surface area contributed by atoms with Gasteiger partial charge in [0.05, 0.1) is 0 Å². The summed E-state index contributed by atoms with van der Waals surface area (Å²) < 4.78 is 0. The second kappa shape index (κ2) is 2630. The second-order valence-corrected chi connectivity index (χ2v) is 0. The van der Waals surface area contributed by atoms with Gasteiger partial charge in [0.15, 0.2) is 0 Å². The molecule has 0 saturated carbocycles. The second-order valence-electron chi connectivity index (χ2n) is 0. The van der Waals surface area contributed by atoms with Gasteiger partial charge in [-0.05, 0) is 0 Å². The third-order valence-corrected chi connectivity index (χ3v) is 0. The van der Waals surface area contributed by atoms with Crippen molar-refractivity contribution in [2.75, 3.05) is 0 Å². The standard InChI is InChI=1S/7K.62H2O.2H3P.17W.Zr/h;;;;;;;62*1H2;2*1H3;;;;;;;;;;;;;;;;;;/p-1. The first-order chi connectivity index (χ1) is 0. The molecule has 62 nitrogen and oxygen atoms in total. The largest absolute Gasteiger partial charge is 0.870 e. The maximum Gasteiger partial charge on any atom is 0 e. The smallest absolute Gasteiger partial charge is 0 e. The van der Waals surface area contributed by atoms with E-state index in [-0.39, 0.29) is 1100 Å². The van der Waals surface area contributed by atoms with E-state index in [1.54, 1.807) is 0 Å². The van der Waals surface area contributed by atoms with Gasteiger partial charge in [-0.3, -0.25) is 0 Å². The zero-order valence-corrected chi connectivity index (χ0v) is 124. The van der Waals surface area contributed by atoms with Crippen LogP contribution < -0.4 is 0 Å². The van der Waals surface area contributed by atoms with Gasteiger partial charge >= 0.3 is 0 Å². The summed E-state index contributed by atoms with van der Waals surface area (Å²) in [5, 5.41) is 0. The van der Waals surface area contributed by atoms with Crippen molar-refractivity contribution >= 4 is 379 Å². The zero-order chi connectivity index (χ0) is 0. The Morgan fingerprint density at radius 2 is 0.0674 bits per heavy atom. The number of hydrogen-bond acceptors (Lipinski definition) is 1. The molecule has 0 saturated heterocycles. The Labute approximate surface area is 1070 Å². The molecule has 0 aliphatic heterocycles. The van der Waals surface area contributed by atoms with Crippen LogP contribution >= 0.6 is 19.8 Å². The minimum Gasteiger partial charge on any atom is -0.870 e. The van der Waals surface area contributed by atoms with Gasteiger partial charge in [-0.15, -0.1) is 0 Å². The predicted octanol–water partition coefficient (Wildman–Crippen LogP) is -53.1. The van der Waals surface area contributed by atoms with E-state index >= 15 is 0 Å². The predicted molar refractivity (Wildman–Crippen MR) is 285 cm³/mol. The molecule has 0 spiro atoms. The van der Waals surface area contributed by atoms with Crippen molar-refractivity contribution in [2.45, 2.75) is 0 Å². The molecule has 0 rings (SSSR count). The van der Waals surface area contributed by atoms with Gasteiger partial charge in [0.1, 0.15) is 0 Å². The van der Waals surface area contributed by atoms with Gasteiger partial charge < -0.3 is 340 Å². The van der Waals surface area contributed by atoms with Crippen LogP contribution in [0.1, 0.15) is 0 Å². The van der Waals surface area contributed by atoms with Gasteiger partial charge in [0.25, 0.3) is 0 Å². The SMILES string of the molecule is O.O.O.O.O.O.O.O.O.O.O.O.O.O.O.O.O.O.O.O.O.O.O.O.O.O.O.O.O.O.O.O.O.O.O.O.O.O.O.O.O.O.O.O.O.O.O.O.O.O.O.O.O.O.O.O.O.O.O.O.O.P.P.[K].[K].[K].[K].[K].[K].[K].[OH-].[W].[W].[W].[W].[W].[W].[W].[W].[W].[W].[W].[W].[W].[W].[W].[W].[W].[Zr]. The molecular formula is H129K7O62P2W17Zr-. The average molecular weight is 4670 g/mol. The molecule has 0 amide bonds.